The summed E-state index contributed by atoms with van der Waals surface area (Å²) in [5.41, 5.74) is 0.120. The number of benzene rings is 3. The molecule has 2 aliphatic rings. The van der Waals surface area contributed by atoms with Crippen LogP contribution in [0.2, 0.25) is 0 Å². The van der Waals surface area contributed by atoms with E-state index >= 15 is 0 Å². The van der Waals surface area contributed by atoms with Crippen molar-refractivity contribution in [3.63, 3.8) is 0 Å². The van der Waals surface area contributed by atoms with Crippen LogP contribution in [0.4, 0.5) is 11.4 Å². The molecule has 50 heavy (non-hydrogen) atoms. The lowest BCUT2D eigenvalue weighted by Gasteiger charge is -2.37. The lowest BCUT2D eigenvalue weighted by molar-refractivity contribution is -0.159. The van der Waals surface area contributed by atoms with Gasteiger partial charge >= 0.3 is 17.9 Å². The summed E-state index contributed by atoms with van der Waals surface area (Å²) in [6.45, 7) is 11.2. The minimum Gasteiger partial charge on any atom is -0.481 e. The summed E-state index contributed by atoms with van der Waals surface area (Å²) in [4.78, 5) is 85.2. The summed E-state index contributed by atoms with van der Waals surface area (Å²) in [5, 5.41) is 13.8. The number of carbonyl (C=O) groups excluding carboxylic acids is 5. The van der Waals surface area contributed by atoms with Crippen molar-refractivity contribution in [1.29, 1.82) is 0 Å². The van der Waals surface area contributed by atoms with Gasteiger partial charge < -0.3 is 15.2 Å². The van der Waals surface area contributed by atoms with Gasteiger partial charge in [-0.15, -0.1) is 0 Å². The number of carboxylic acids is 1. The normalized spacial score (nSPS) is 23.0. The Kier molecular flexibility index (Phi) is 10.1. The molecule has 7 atom stereocenters. The van der Waals surface area contributed by atoms with Crippen LogP contribution in [0.25, 0.3) is 0 Å². The monoisotopic (exact) mass is 680 g/mol. The van der Waals surface area contributed by atoms with Crippen molar-refractivity contribution in [3.8, 4) is 0 Å². The average Bonchev–Trinajstić information content (AvgIpc) is 3.48. The van der Waals surface area contributed by atoms with Crippen LogP contribution in [-0.2, 0) is 33.5 Å². The van der Waals surface area contributed by atoms with Gasteiger partial charge in [0.1, 0.15) is 0 Å². The average molecular weight is 681 g/mol. The summed E-state index contributed by atoms with van der Waals surface area (Å²) in [5.74, 6) is -15.2. The number of imide groups is 1. The molecule has 3 aromatic carbocycles. The van der Waals surface area contributed by atoms with E-state index in [1.54, 1.807) is 81.4 Å². The van der Waals surface area contributed by atoms with Gasteiger partial charge in [-0.2, -0.15) is 0 Å². The molecule has 2 heterocycles. The Morgan fingerprint density at radius 3 is 1.80 bits per heavy atom. The Hall–Kier alpha value is -5.12. The molecule has 0 saturated carbocycles. The third-order valence-electron chi connectivity index (χ3n) is 10.0. The number of carbonyl (C=O) groups is 6. The van der Waals surface area contributed by atoms with E-state index in [0.29, 0.717) is 5.69 Å². The maximum Gasteiger partial charge on any atom is 0.318 e. The van der Waals surface area contributed by atoms with Gasteiger partial charge in [0.2, 0.25) is 17.7 Å². The maximum absolute atomic E-state index is 14.5. The smallest absolute Gasteiger partial charge is 0.318 e. The van der Waals surface area contributed by atoms with Gasteiger partial charge in [0.15, 0.2) is 0 Å². The van der Waals surface area contributed by atoms with Crippen molar-refractivity contribution in [2.24, 2.45) is 46.3 Å². The van der Waals surface area contributed by atoms with Gasteiger partial charge in [0, 0.05) is 5.69 Å². The van der Waals surface area contributed by atoms with E-state index < -0.39 is 82.0 Å². The molecule has 0 bridgehead atoms. The molecule has 2 aliphatic heterocycles. The summed E-state index contributed by atoms with van der Waals surface area (Å²) in [7, 11) is 0. The van der Waals surface area contributed by atoms with Gasteiger partial charge in [0.25, 0.3) is 0 Å². The molecule has 10 nitrogen and oxygen atoms in total. The Morgan fingerprint density at radius 1 is 0.740 bits per heavy atom. The van der Waals surface area contributed by atoms with E-state index in [9.17, 15) is 33.9 Å². The molecule has 2 N–H and O–H groups in total. The lowest BCUT2D eigenvalue weighted by atomic mass is 9.62. The van der Waals surface area contributed by atoms with E-state index in [2.05, 4.69) is 5.32 Å². The highest BCUT2D eigenvalue weighted by atomic mass is 16.6. The first-order chi connectivity index (χ1) is 23.5. The first kappa shape index (κ1) is 36.2. The third-order valence-corrected chi connectivity index (χ3v) is 10.0. The van der Waals surface area contributed by atoms with E-state index in [-0.39, 0.29) is 18.0 Å². The highest BCUT2D eigenvalue weighted by Crippen LogP contribution is 2.51. The van der Waals surface area contributed by atoms with Gasteiger partial charge in [0.05, 0.1) is 41.2 Å². The molecular weight excluding hydrogens is 636 g/mol. The second-order valence-electron chi connectivity index (χ2n) is 15.4. The number of para-hydroxylation sites is 2. The van der Waals surface area contributed by atoms with Gasteiger partial charge in [-0.25, -0.2) is 0 Å². The van der Waals surface area contributed by atoms with Crippen LogP contribution >= 0.6 is 0 Å². The second kappa shape index (κ2) is 14.0. The van der Waals surface area contributed by atoms with Crippen LogP contribution in [0, 0.1) is 46.3 Å². The molecule has 3 aromatic rings. The molecule has 10 heteroatoms. The predicted molar refractivity (Wildman–Crippen MR) is 186 cm³/mol. The zero-order valence-corrected chi connectivity index (χ0v) is 29.2. The van der Waals surface area contributed by atoms with Crippen molar-refractivity contribution in [1.82, 2.24) is 0 Å². The lowest BCUT2D eigenvalue weighted by Crippen LogP contribution is -2.50. The number of hydrogen-bond donors (Lipinski definition) is 2. The van der Waals surface area contributed by atoms with Crippen LogP contribution in [0.1, 0.15) is 59.4 Å². The van der Waals surface area contributed by atoms with Crippen molar-refractivity contribution >= 4 is 47.0 Å². The van der Waals surface area contributed by atoms with Crippen molar-refractivity contribution in [2.45, 2.75) is 53.9 Å². The van der Waals surface area contributed by atoms with Crippen molar-refractivity contribution in [2.75, 3.05) is 10.2 Å². The number of anilines is 2. The number of esters is 2. The van der Waals surface area contributed by atoms with E-state index in [1.807, 2.05) is 51.1 Å². The molecule has 7 unspecified atom stereocenters. The van der Waals surface area contributed by atoms with Crippen LogP contribution in [0.3, 0.4) is 0 Å². The molecule has 0 aromatic heterocycles. The van der Waals surface area contributed by atoms with Crippen molar-refractivity contribution < 1.29 is 38.6 Å². The molecule has 5 rings (SSSR count). The maximum atomic E-state index is 14.5. The zero-order chi connectivity index (χ0) is 36.5. The second-order valence-corrected chi connectivity index (χ2v) is 15.4. The number of nitrogens with one attached hydrogen (secondary N) is 1. The largest absolute Gasteiger partial charge is 0.481 e. The number of carboxylic acid groups (broad SMARTS) is 1. The number of amides is 3. The standard InChI is InChI=1S/C40H44N2O8/c1-39(2,3)27(23-16-10-7-11-17-23)22-26-28(38(49)50-37(26)48)29(33(43)41-24-18-12-8-13-19-24)30(36(46)47)31-32(40(4,5)6)35(45)42(34(31)44)25-20-14-9-15-21-25/h7-21,26-32H,22H2,1-6H3,(H,41,43)(H,46,47). The summed E-state index contributed by atoms with van der Waals surface area (Å²) < 4.78 is 5.23. The van der Waals surface area contributed by atoms with E-state index in [4.69, 9.17) is 4.74 Å². The number of cyclic esters (lactones) is 2. The summed E-state index contributed by atoms with van der Waals surface area (Å²) >= 11 is 0. The highest BCUT2D eigenvalue weighted by molar-refractivity contribution is 6.23. The summed E-state index contributed by atoms with van der Waals surface area (Å²) in [6, 6.07) is 25.9. The van der Waals surface area contributed by atoms with Gasteiger partial charge in [-0.3, -0.25) is 33.7 Å². The quantitative estimate of drug-likeness (QED) is 0.144. The van der Waals surface area contributed by atoms with Crippen LogP contribution < -0.4 is 10.2 Å². The minimum atomic E-state index is -1.89. The number of ether oxygens (including phenoxy) is 1. The Morgan fingerprint density at radius 2 is 1.28 bits per heavy atom. The number of hydrogen-bond acceptors (Lipinski definition) is 7. The first-order valence-electron chi connectivity index (χ1n) is 16.8. The van der Waals surface area contributed by atoms with Crippen LogP contribution in [0.5, 0.6) is 0 Å². The topological polar surface area (TPSA) is 147 Å². The zero-order valence-electron chi connectivity index (χ0n) is 29.2. The number of aliphatic carboxylic acids is 1. The minimum absolute atomic E-state index is 0.0700. The number of nitrogens with zero attached hydrogens (tertiary/aromatic N) is 1. The Bertz CT molecular complexity index is 1760. The fraction of sp³-hybridized carbons (Fsp3) is 0.400. The van der Waals surface area contributed by atoms with Gasteiger partial charge in [-0.05, 0) is 53.0 Å². The molecule has 0 radical (unpaired) electrons. The molecule has 262 valence electrons. The summed E-state index contributed by atoms with van der Waals surface area (Å²) in [6.07, 6.45) is 0.0700. The van der Waals surface area contributed by atoms with E-state index in [0.717, 1.165) is 10.5 Å². The molecular formula is C40H44N2O8. The fourth-order valence-corrected chi connectivity index (χ4v) is 7.74. The highest BCUT2D eigenvalue weighted by Gasteiger charge is 2.63. The number of rotatable bonds is 10. The Balaban J connectivity index is 1.68. The molecule has 2 saturated heterocycles. The SMILES string of the molecule is CC(C)(C)C(CC1C(=O)OC(=O)C1C(C(=O)Nc1ccccc1)C(C(=O)O)C1C(=O)N(c2ccccc2)C(=O)C1C(C)(C)C)c1ccccc1. The predicted octanol–water partition coefficient (Wildman–Crippen LogP) is 6.33. The first-order valence-corrected chi connectivity index (χ1v) is 16.8. The van der Waals surface area contributed by atoms with Crippen LogP contribution in [-0.4, -0.2) is 40.7 Å². The van der Waals surface area contributed by atoms with Gasteiger partial charge in [-0.1, -0.05) is 108 Å². The fourth-order valence-electron chi connectivity index (χ4n) is 7.74. The Labute approximate surface area is 292 Å². The molecule has 0 spiro atoms. The molecule has 0 aliphatic carbocycles. The molecule has 3 amide bonds. The third kappa shape index (κ3) is 7.11. The molecule has 2 fully saturated rings. The van der Waals surface area contributed by atoms with Crippen LogP contribution in [0.15, 0.2) is 91.0 Å². The van der Waals surface area contributed by atoms with Crippen molar-refractivity contribution in [3.05, 3.63) is 96.6 Å². The van der Waals surface area contributed by atoms with E-state index in [1.165, 1.54) is 0 Å².